The number of rotatable bonds is 5. The van der Waals surface area contributed by atoms with Gasteiger partial charge in [0.15, 0.2) is 5.82 Å². The SMILES string of the molecule is Cc1ccc2c(c1)c(-c1ccccc1)c(-c1ccccc1)n2CCc1nn[nH]n1. The Kier molecular flexibility index (Phi) is 4.41. The first kappa shape index (κ1) is 17.4. The van der Waals surface area contributed by atoms with Crippen LogP contribution in [0.2, 0.25) is 0 Å². The topological polar surface area (TPSA) is 59.4 Å². The highest BCUT2D eigenvalue weighted by atomic mass is 15.5. The third kappa shape index (κ3) is 3.21. The van der Waals surface area contributed by atoms with Gasteiger partial charge in [-0.05, 0) is 30.2 Å². The summed E-state index contributed by atoms with van der Waals surface area (Å²) in [7, 11) is 0. The number of tetrazole rings is 1. The summed E-state index contributed by atoms with van der Waals surface area (Å²) in [6, 6.07) is 27.9. The molecular weight excluding hydrogens is 358 g/mol. The second-order valence-corrected chi connectivity index (χ2v) is 7.21. The van der Waals surface area contributed by atoms with Gasteiger partial charge in [0.25, 0.3) is 0 Å². The minimum absolute atomic E-state index is 0.711. The summed E-state index contributed by atoms with van der Waals surface area (Å²) in [5.41, 5.74) is 7.39. The molecule has 0 saturated heterocycles. The zero-order valence-corrected chi connectivity index (χ0v) is 16.2. The molecule has 0 unspecified atom stereocenters. The molecule has 3 aromatic carbocycles. The largest absolute Gasteiger partial charge is 0.340 e. The first-order valence-electron chi connectivity index (χ1n) is 9.77. The van der Waals surface area contributed by atoms with Gasteiger partial charge < -0.3 is 4.57 Å². The number of aryl methyl sites for hydroxylation is 3. The Hall–Kier alpha value is -3.73. The van der Waals surface area contributed by atoms with E-state index in [9.17, 15) is 0 Å². The van der Waals surface area contributed by atoms with Crippen LogP contribution in [0, 0.1) is 6.92 Å². The average Bonchev–Trinajstić information content (AvgIpc) is 3.39. The lowest BCUT2D eigenvalue weighted by atomic mass is 9.98. The quantitative estimate of drug-likeness (QED) is 0.465. The van der Waals surface area contributed by atoms with Crippen molar-refractivity contribution >= 4 is 10.9 Å². The fourth-order valence-corrected chi connectivity index (χ4v) is 3.99. The highest BCUT2D eigenvalue weighted by Crippen LogP contribution is 2.41. The van der Waals surface area contributed by atoms with Crippen molar-refractivity contribution < 1.29 is 0 Å². The molecular formula is C24H21N5. The van der Waals surface area contributed by atoms with Crippen LogP contribution in [-0.4, -0.2) is 25.2 Å². The maximum atomic E-state index is 4.13. The van der Waals surface area contributed by atoms with Crippen LogP contribution >= 0.6 is 0 Å². The van der Waals surface area contributed by atoms with E-state index in [2.05, 4.69) is 111 Å². The Bertz CT molecular complexity index is 1240. The van der Waals surface area contributed by atoms with Gasteiger partial charge >= 0.3 is 0 Å². The molecule has 142 valence electrons. The summed E-state index contributed by atoms with van der Waals surface area (Å²) in [4.78, 5) is 0. The second kappa shape index (κ2) is 7.36. The number of aromatic nitrogens is 5. The predicted octanol–water partition coefficient (Wildman–Crippen LogP) is 5.04. The average molecular weight is 379 g/mol. The Morgan fingerprint density at radius 3 is 2.28 bits per heavy atom. The lowest BCUT2D eigenvalue weighted by Crippen LogP contribution is -2.05. The molecule has 2 heterocycles. The molecule has 2 aromatic heterocycles. The van der Waals surface area contributed by atoms with Crippen molar-refractivity contribution in [3.05, 3.63) is 90.3 Å². The van der Waals surface area contributed by atoms with E-state index in [1.165, 1.54) is 38.9 Å². The van der Waals surface area contributed by atoms with Gasteiger partial charge in [-0.25, -0.2) is 0 Å². The van der Waals surface area contributed by atoms with Gasteiger partial charge in [0, 0.05) is 29.4 Å². The third-order valence-electron chi connectivity index (χ3n) is 5.28. The second-order valence-electron chi connectivity index (χ2n) is 7.21. The molecule has 0 radical (unpaired) electrons. The molecule has 0 aliphatic carbocycles. The Labute approximate surface area is 169 Å². The predicted molar refractivity (Wildman–Crippen MR) is 115 cm³/mol. The molecule has 0 amide bonds. The fraction of sp³-hybridized carbons (Fsp3) is 0.125. The Morgan fingerprint density at radius 1 is 0.862 bits per heavy atom. The number of aromatic amines is 1. The Balaban J connectivity index is 1.79. The maximum Gasteiger partial charge on any atom is 0.176 e. The van der Waals surface area contributed by atoms with Crippen molar-refractivity contribution in [2.45, 2.75) is 19.9 Å². The van der Waals surface area contributed by atoms with E-state index in [0.717, 1.165) is 12.4 Å². The molecule has 5 heteroatoms. The van der Waals surface area contributed by atoms with Gasteiger partial charge in [-0.3, -0.25) is 0 Å². The third-order valence-corrected chi connectivity index (χ3v) is 5.28. The molecule has 5 aromatic rings. The number of H-pyrrole nitrogens is 1. The van der Waals surface area contributed by atoms with Crippen LogP contribution in [0.1, 0.15) is 11.4 Å². The molecule has 0 atom stereocenters. The molecule has 1 N–H and O–H groups in total. The van der Waals surface area contributed by atoms with E-state index in [1.807, 2.05) is 0 Å². The monoisotopic (exact) mass is 379 g/mol. The maximum absolute atomic E-state index is 4.13. The van der Waals surface area contributed by atoms with Crippen molar-refractivity contribution in [1.29, 1.82) is 0 Å². The molecule has 5 rings (SSSR count). The van der Waals surface area contributed by atoms with Gasteiger partial charge in [-0.1, -0.05) is 77.5 Å². The number of nitrogens with one attached hydrogen (secondary N) is 1. The highest BCUT2D eigenvalue weighted by molar-refractivity contribution is 6.04. The molecule has 0 aliphatic rings. The number of hydrogen-bond acceptors (Lipinski definition) is 3. The summed E-state index contributed by atoms with van der Waals surface area (Å²) in [6.07, 6.45) is 0.711. The normalized spacial score (nSPS) is 11.2. The van der Waals surface area contributed by atoms with E-state index in [4.69, 9.17) is 0 Å². The molecule has 5 nitrogen and oxygen atoms in total. The number of benzene rings is 3. The minimum Gasteiger partial charge on any atom is -0.340 e. The van der Waals surface area contributed by atoms with Crippen LogP contribution in [0.25, 0.3) is 33.3 Å². The van der Waals surface area contributed by atoms with Crippen LogP contribution in [0.15, 0.2) is 78.9 Å². The highest BCUT2D eigenvalue weighted by Gasteiger charge is 2.20. The van der Waals surface area contributed by atoms with Crippen molar-refractivity contribution in [3.8, 4) is 22.4 Å². The number of hydrogen-bond donors (Lipinski definition) is 1. The Morgan fingerprint density at radius 2 is 1.59 bits per heavy atom. The lowest BCUT2D eigenvalue weighted by molar-refractivity contribution is 0.700. The van der Waals surface area contributed by atoms with Crippen LogP contribution in [0.4, 0.5) is 0 Å². The smallest absolute Gasteiger partial charge is 0.176 e. The summed E-state index contributed by atoms with van der Waals surface area (Å²) >= 11 is 0. The van der Waals surface area contributed by atoms with Gasteiger partial charge in [0.2, 0.25) is 0 Å². The molecule has 29 heavy (non-hydrogen) atoms. The fourth-order valence-electron chi connectivity index (χ4n) is 3.99. The van der Waals surface area contributed by atoms with Gasteiger partial charge in [-0.2, -0.15) is 5.21 Å². The van der Waals surface area contributed by atoms with E-state index in [1.54, 1.807) is 0 Å². The van der Waals surface area contributed by atoms with Gasteiger partial charge in [-0.15, -0.1) is 10.2 Å². The van der Waals surface area contributed by atoms with E-state index < -0.39 is 0 Å². The van der Waals surface area contributed by atoms with E-state index in [0.29, 0.717) is 6.42 Å². The number of nitrogens with zero attached hydrogens (tertiary/aromatic N) is 4. The summed E-state index contributed by atoms with van der Waals surface area (Å²) in [5, 5.41) is 15.8. The molecule has 0 bridgehead atoms. The molecule has 0 aliphatic heterocycles. The lowest BCUT2D eigenvalue weighted by Gasteiger charge is -2.12. The van der Waals surface area contributed by atoms with Crippen molar-refractivity contribution in [2.24, 2.45) is 0 Å². The molecule has 0 fully saturated rings. The number of fused-ring (bicyclic) bond motifs is 1. The van der Waals surface area contributed by atoms with Crippen molar-refractivity contribution in [1.82, 2.24) is 25.2 Å². The first-order chi connectivity index (χ1) is 14.3. The van der Waals surface area contributed by atoms with E-state index in [-0.39, 0.29) is 0 Å². The molecule has 0 saturated carbocycles. The molecule has 0 spiro atoms. The van der Waals surface area contributed by atoms with Crippen LogP contribution < -0.4 is 0 Å². The summed E-state index contributed by atoms with van der Waals surface area (Å²) < 4.78 is 2.39. The van der Waals surface area contributed by atoms with Crippen LogP contribution in [0.3, 0.4) is 0 Å². The van der Waals surface area contributed by atoms with Crippen LogP contribution in [-0.2, 0) is 13.0 Å². The minimum atomic E-state index is 0.711. The van der Waals surface area contributed by atoms with Gasteiger partial charge in [0.1, 0.15) is 0 Å². The zero-order valence-electron chi connectivity index (χ0n) is 16.2. The van der Waals surface area contributed by atoms with Crippen molar-refractivity contribution in [3.63, 3.8) is 0 Å². The summed E-state index contributed by atoms with van der Waals surface area (Å²) in [5.74, 6) is 0.722. The van der Waals surface area contributed by atoms with Crippen LogP contribution in [0.5, 0.6) is 0 Å². The van der Waals surface area contributed by atoms with Gasteiger partial charge in [0.05, 0.1) is 5.69 Å². The van der Waals surface area contributed by atoms with E-state index >= 15 is 0 Å². The van der Waals surface area contributed by atoms with Crippen molar-refractivity contribution in [2.75, 3.05) is 0 Å². The first-order valence-corrected chi connectivity index (χ1v) is 9.77. The zero-order chi connectivity index (χ0) is 19.6. The standard InChI is InChI=1S/C24H21N5/c1-17-12-13-21-20(16-17)23(18-8-4-2-5-9-18)24(19-10-6-3-7-11-19)29(21)15-14-22-25-27-28-26-22/h2-13,16H,14-15H2,1H3,(H,25,26,27,28). The summed E-state index contributed by atoms with van der Waals surface area (Å²) in [6.45, 7) is 2.92.